The van der Waals surface area contributed by atoms with Gasteiger partial charge in [-0.3, -0.25) is 9.78 Å². The minimum absolute atomic E-state index is 0.0465. The number of pyridine rings is 1. The molecule has 3 aromatic rings. The molecular formula is C21H22N4O. The molecule has 1 fully saturated rings. The number of rotatable bonds is 6. The molecule has 26 heavy (non-hydrogen) atoms. The summed E-state index contributed by atoms with van der Waals surface area (Å²) in [7, 11) is 0. The molecule has 1 aliphatic carbocycles. The molecule has 5 heteroatoms. The van der Waals surface area contributed by atoms with Gasteiger partial charge in [0.25, 0.3) is 5.91 Å². The van der Waals surface area contributed by atoms with Crippen molar-refractivity contribution in [3.05, 3.63) is 77.4 Å². The first kappa shape index (κ1) is 16.5. The van der Waals surface area contributed by atoms with Gasteiger partial charge in [0.1, 0.15) is 0 Å². The van der Waals surface area contributed by atoms with Crippen LogP contribution in [0.25, 0.3) is 5.69 Å². The number of benzene rings is 1. The van der Waals surface area contributed by atoms with Crippen molar-refractivity contribution < 1.29 is 4.79 Å². The first-order chi connectivity index (χ1) is 12.8. The fourth-order valence-corrected chi connectivity index (χ4v) is 3.24. The molecule has 4 rings (SSSR count). The lowest BCUT2D eigenvalue weighted by Gasteiger charge is -2.09. The Labute approximate surface area is 153 Å². The lowest BCUT2D eigenvalue weighted by atomic mass is 10.1. The van der Waals surface area contributed by atoms with E-state index in [1.54, 1.807) is 12.4 Å². The Balaban J connectivity index is 1.67. The zero-order valence-corrected chi connectivity index (χ0v) is 14.9. The molecule has 2 heterocycles. The summed E-state index contributed by atoms with van der Waals surface area (Å²) in [6.45, 7) is 2.54. The number of carbonyl (C=O) groups excluding carboxylic acids is 1. The van der Waals surface area contributed by atoms with Gasteiger partial charge in [-0.2, -0.15) is 5.10 Å². The Morgan fingerprint density at radius 1 is 1.19 bits per heavy atom. The van der Waals surface area contributed by atoms with Crippen molar-refractivity contribution in [2.24, 2.45) is 0 Å². The topological polar surface area (TPSA) is 59.8 Å². The standard InChI is InChI=1S/C21H22N4O/c1-2-18-19(21(26)23-14-15-7-6-12-22-13-15)20(16-10-11-16)24-25(18)17-8-4-3-5-9-17/h3-9,12-13,16H,2,10-11,14H2,1H3,(H,23,26). The minimum atomic E-state index is -0.0465. The van der Waals surface area contributed by atoms with Gasteiger partial charge in [0.15, 0.2) is 0 Å². The van der Waals surface area contributed by atoms with E-state index in [0.717, 1.165) is 47.5 Å². The quantitative estimate of drug-likeness (QED) is 0.741. The Bertz CT molecular complexity index is 899. The Hall–Kier alpha value is -2.95. The van der Waals surface area contributed by atoms with Crippen LogP contribution < -0.4 is 5.32 Å². The number of nitrogens with zero attached hydrogens (tertiary/aromatic N) is 3. The van der Waals surface area contributed by atoms with Crippen LogP contribution in [0, 0.1) is 0 Å². The van der Waals surface area contributed by atoms with Crippen molar-refractivity contribution in [2.75, 3.05) is 0 Å². The number of nitrogens with one attached hydrogen (secondary N) is 1. The zero-order chi connectivity index (χ0) is 17.9. The summed E-state index contributed by atoms with van der Waals surface area (Å²) in [6, 6.07) is 13.9. The van der Waals surface area contributed by atoms with Crippen LogP contribution >= 0.6 is 0 Å². The van der Waals surface area contributed by atoms with Gasteiger partial charge in [0, 0.05) is 24.9 Å². The summed E-state index contributed by atoms with van der Waals surface area (Å²) in [6.07, 6.45) is 6.48. The van der Waals surface area contributed by atoms with E-state index in [0.29, 0.717) is 12.5 Å². The largest absolute Gasteiger partial charge is 0.348 e. The predicted octanol–water partition coefficient (Wildman–Crippen LogP) is 3.64. The summed E-state index contributed by atoms with van der Waals surface area (Å²) < 4.78 is 1.94. The van der Waals surface area contributed by atoms with Crippen LogP contribution in [0.2, 0.25) is 0 Å². The molecule has 0 aliphatic heterocycles. The maximum absolute atomic E-state index is 13.0. The third kappa shape index (κ3) is 3.25. The van der Waals surface area contributed by atoms with Gasteiger partial charge >= 0.3 is 0 Å². The molecular weight excluding hydrogens is 324 g/mol. The van der Waals surface area contributed by atoms with Crippen LogP contribution in [0.4, 0.5) is 0 Å². The van der Waals surface area contributed by atoms with Crippen molar-refractivity contribution in [3.8, 4) is 5.69 Å². The van der Waals surface area contributed by atoms with Crippen molar-refractivity contribution >= 4 is 5.91 Å². The third-order valence-corrected chi connectivity index (χ3v) is 4.71. The summed E-state index contributed by atoms with van der Waals surface area (Å²) in [5.41, 5.74) is 4.65. The lowest BCUT2D eigenvalue weighted by Crippen LogP contribution is -2.24. The molecule has 132 valence electrons. The van der Waals surface area contributed by atoms with Crippen molar-refractivity contribution in [1.82, 2.24) is 20.1 Å². The predicted molar refractivity (Wildman–Crippen MR) is 100 cm³/mol. The molecule has 5 nitrogen and oxygen atoms in total. The number of hydrogen-bond donors (Lipinski definition) is 1. The normalized spacial score (nSPS) is 13.6. The second-order valence-corrected chi connectivity index (χ2v) is 6.63. The molecule has 0 saturated heterocycles. The third-order valence-electron chi connectivity index (χ3n) is 4.71. The summed E-state index contributed by atoms with van der Waals surface area (Å²) in [4.78, 5) is 17.1. The second kappa shape index (κ2) is 7.12. The molecule has 0 radical (unpaired) electrons. The lowest BCUT2D eigenvalue weighted by molar-refractivity contribution is 0.0949. The molecule has 0 bridgehead atoms. The maximum Gasteiger partial charge on any atom is 0.255 e. The van der Waals surface area contributed by atoms with Gasteiger partial charge in [0.05, 0.1) is 22.6 Å². The van der Waals surface area contributed by atoms with E-state index < -0.39 is 0 Å². The fraction of sp³-hybridized carbons (Fsp3) is 0.286. The van der Waals surface area contributed by atoms with Gasteiger partial charge in [-0.05, 0) is 43.0 Å². The second-order valence-electron chi connectivity index (χ2n) is 6.63. The van der Waals surface area contributed by atoms with Crippen LogP contribution in [0.15, 0.2) is 54.9 Å². The van der Waals surface area contributed by atoms with Gasteiger partial charge in [0.2, 0.25) is 0 Å². The fourth-order valence-electron chi connectivity index (χ4n) is 3.24. The van der Waals surface area contributed by atoms with E-state index in [1.807, 2.05) is 47.1 Å². The SMILES string of the molecule is CCc1c(C(=O)NCc2cccnc2)c(C2CC2)nn1-c1ccccc1. The summed E-state index contributed by atoms with van der Waals surface area (Å²) in [5.74, 6) is 0.360. The number of para-hydroxylation sites is 1. The van der Waals surface area contributed by atoms with Crippen LogP contribution in [0.5, 0.6) is 0 Å². The highest BCUT2D eigenvalue weighted by atomic mass is 16.1. The van der Waals surface area contributed by atoms with Crippen LogP contribution in [-0.4, -0.2) is 20.7 Å². The average molecular weight is 346 g/mol. The molecule has 1 N–H and O–H groups in total. The average Bonchev–Trinajstić information content (AvgIpc) is 3.47. The number of amides is 1. The molecule has 0 spiro atoms. The highest BCUT2D eigenvalue weighted by Gasteiger charge is 2.34. The molecule has 1 aliphatic rings. The molecule has 1 aromatic carbocycles. The van der Waals surface area contributed by atoms with E-state index >= 15 is 0 Å². The zero-order valence-electron chi connectivity index (χ0n) is 14.9. The van der Waals surface area contributed by atoms with Crippen molar-refractivity contribution in [3.63, 3.8) is 0 Å². The van der Waals surface area contributed by atoms with Crippen LogP contribution in [-0.2, 0) is 13.0 Å². The van der Waals surface area contributed by atoms with E-state index in [1.165, 1.54) is 0 Å². The van der Waals surface area contributed by atoms with E-state index in [9.17, 15) is 4.79 Å². The van der Waals surface area contributed by atoms with Crippen molar-refractivity contribution in [2.45, 2.75) is 38.6 Å². The first-order valence-corrected chi connectivity index (χ1v) is 9.12. The minimum Gasteiger partial charge on any atom is -0.348 e. The van der Waals surface area contributed by atoms with Crippen molar-refractivity contribution in [1.29, 1.82) is 0 Å². The Morgan fingerprint density at radius 3 is 2.65 bits per heavy atom. The molecule has 0 atom stereocenters. The molecule has 2 aromatic heterocycles. The van der Waals surface area contributed by atoms with Crippen LogP contribution in [0.1, 0.15) is 53.0 Å². The molecule has 1 saturated carbocycles. The van der Waals surface area contributed by atoms with Gasteiger partial charge in [-0.1, -0.05) is 31.2 Å². The maximum atomic E-state index is 13.0. The summed E-state index contributed by atoms with van der Waals surface area (Å²) in [5, 5.41) is 7.88. The van der Waals surface area contributed by atoms with E-state index in [-0.39, 0.29) is 5.91 Å². The monoisotopic (exact) mass is 346 g/mol. The van der Waals surface area contributed by atoms with E-state index in [4.69, 9.17) is 5.10 Å². The van der Waals surface area contributed by atoms with E-state index in [2.05, 4.69) is 17.2 Å². The first-order valence-electron chi connectivity index (χ1n) is 9.12. The number of hydrogen-bond acceptors (Lipinski definition) is 3. The Morgan fingerprint density at radius 2 is 2.00 bits per heavy atom. The van der Waals surface area contributed by atoms with Gasteiger partial charge in [-0.25, -0.2) is 4.68 Å². The number of aromatic nitrogens is 3. The summed E-state index contributed by atoms with van der Waals surface area (Å²) >= 11 is 0. The molecule has 1 amide bonds. The van der Waals surface area contributed by atoms with Crippen LogP contribution in [0.3, 0.4) is 0 Å². The highest BCUT2D eigenvalue weighted by molar-refractivity contribution is 5.97. The van der Waals surface area contributed by atoms with Gasteiger partial charge < -0.3 is 5.32 Å². The molecule has 0 unspecified atom stereocenters. The van der Waals surface area contributed by atoms with Gasteiger partial charge in [-0.15, -0.1) is 0 Å². The highest BCUT2D eigenvalue weighted by Crippen LogP contribution is 2.42. The Kier molecular flexibility index (Phi) is 4.52. The smallest absolute Gasteiger partial charge is 0.255 e. The number of carbonyl (C=O) groups is 1.